The van der Waals surface area contributed by atoms with Crippen molar-refractivity contribution in [3.63, 3.8) is 0 Å². The van der Waals surface area contributed by atoms with Crippen molar-refractivity contribution >= 4 is 35.3 Å². The minimum absolute atomic E-state index is 0.0758. The van der Waals surface area contributed by atoms with Crippen LogP contribution in [-0.4, -0.2) is 61.1 Å². The highest BCUT2D eigenvalue weighted by Gasteiger charge is 2.38. The highest BCUT2D eigenvalue weighted by Crippen LogP contribution is 2.63. The van der Waals surface area contributed by atoms with Gasteiger partial charge in [0, 0.05) is 10.7 Å². The number of hydrogen-bond donors (Lipinski definition) is 3. The third kappa shape index (κ3) is 30.5. The van der Waals surface area contributed by atoms with Gasteiger partial charge in [-0.25, -0.2) is 9.65 Å². The van der Waals surface area contributed by atoms with E-state index < -0.39 is 45.0 Å². The Balaban J connectivity index is -0.000000548. The summed E-state index contributed by atoms with van der Waals surface area (Å²) in [6.07, 6.45) is 7.84. The Kier molecular flexibility index (Phi) is 17.2. The maximum Gasteiger partial charge on any atom is 0.403 e. The van der Waals surface area contributed by atoms with E-state index in [0.717, 1.165) is 0 Å². The Morgan fingerprint density at radius 2 is 0.714 bits per heavy atom. The number of rotatable bonds is 6. The Labute approximate surface area is 261 Å². The molecule has 0 amide bonds. The van der Waals surface area contributed by atoms with Gasteiger partial charge in [-0.1, -0.05) is 27.1 Å². The van der Waals surface area contributed by atoms with Gasteiger partial charge in [0.05, 0.1) is 28.0 Å². The van der Waals surface area contributed by atoms with E-state index in [2.05, 4.69) is 38.5 Å². The first-order valence-corrected chi connectivity index (χ1v) is 19.5. The Morgan fingerprint density at radius 3 is 0.881 bits per heavy atom. The van der Waals surface area contributed by atoms with Crippen molar-refractivity contribution in [2.45, 2.75) is 184 Å². The average molecular weight is 666 g/mol. The summed E-state index contributed by atoms with van der Waals surface area (Å²) in [5, 5.41) is 2.47. The molecule has 9 nitrogen and oxygen atoms in total. The zero-order valence-electron chi connectivity index (χ0n) is 31.1. The molecule has 258 valence electrons. The quantitative estimate of drug-likeness (QED) is 0.238. The van der Waals surface area contributed by atoms with E-state index in [1.807, 2.05) is 104 Å². The summed E-state index contributed by atoms with van der Waals surface area (Å²) in [5.74, 6) is 0. The average Bonchev–Trinajstić information content (AvgIpc) is 2.39. The summed E-state index contributed by atoms with van der Waals surface area (Å²) < 4.78 is 39.4. The molecule has 12 heteroatoms. The second kappa shape index (κ2) is 15.4. The molecule has 1 unspecified atom stereocenters. The van der Waals surface area contributed by atoms with E-state index >= 15 is 0 Å². The van der Waals surface area contributed by atoms with E-state index in [4.69, 9.17) is 22.6 Å². The summed E-state index contributed by atoms with van der Waals surface area (Å²) >= 11 is 0. The lowest BCUT2D eigenvalue weighted by molar-refractivity contribution is 0.0437. The molecule has 0 rings (SSSR count). The molecular weight excluding hydrogens is 595 g/mol. The molecule has 0 heterocycles. The fourth-order valence-electron chi connectivity index (χ4n) is 2.87. The first-order valence-electron chi connectivity index (χ1n) is 14.3. The zero-order chi connectivity index (χ0) is 35.2. The highest BCUT2D eigenvalue weighted by atomic mass is 31.2. The third-order valence-electron chi connectivity index (χ3n) is 3.57. The van der Waals surface area contributed by atoms with Crippen LogP contribution in [0.5, 0.6) is 0 Å². The van der Waals surface area contributed by atoms with E-state index in [-0.39, 0.29) is 16.4 Å². The molecule has 0 spiro atoms. The van der Waals surface area contributed by atoms with Crippen LogP contribution in [0.25, 0.3) is 0 Å². The van der Waals surface area contributed by atoms with Gasteiger partial charge in [0.15, 0.2) is 0 Å². The normalized spacial score (nSPS) is 16.1. The second-order valence-electron chi connectivity index (χ2n) is 17.4. The van der Waals surface area contributed by atoms with Crippen LogP contribution in [0.15, 0.2) is 0 Å². The SMILES string of the molecule is C=P(O)(OC(C)(C)C)OC(C)(C)C.C=P(OC(C)(C)C)(OC(C)(C)C)C(C)(C)C.CC(C)(C)NP(=O)(O)OC(C)(C)C. The fourth-order valence-corrected chi connectivity index (χ4v) is 8.61. The monoisotopic (exact) mass is 665 g/mol. The smallest absolute Gasteiger partial charge is 0.333 e. The van der Waals surface area contributed by atoms with Crippen LogP contribution in [0.2, 0.25) is 0 Å². The lowest BCUT2D eigenvalue weighted by Gasteiger charge is -2.44. The maximum atomic E-state index is 11.5. The van der Waals surface area contributed by atoms with Crippen molar-refractivity contribution in [2.75, 3.05) is 0 Å². The van der Waals surface area contributed by atoms with Crippen LogP contribution in [0.1, 0.15) is 145 Å². The summed E-state index contributed by atoms with van der Waals surface area (Å²) in [6, 6.07) is 0. The number of hydrogen-bond acceptors (Lipinski definition) is 7. The zero-order valence-corrected chi connectivity index (χ0v) is 33.8. The van der Waals surface area contributed by atoms with Crippen molar-refractivity contribution in [1.82, 2.24) is 5.09 Å². The Morgan fingerprint density at radius 1 is 0.476 bits per heavy atom. The molecule has 0 saturated heterocycles. The van der Waals surface area contributed by atoms with Gasteiger partial charge in [0.1, 0.15) is 7.34 Å². The van der Waals surface area contributed by atoms with Crippen LogP contribution in [0, 0.1) is 0 Å². The van der Waals surface area contributed by atoms with Crippen LogP contribution >= 0.6 is 22.7 Å². The largest absolute Gasteiger partial charge is 0.403 e. The molecule has 0 aromatic heterocycles. The molecule has 3 N–H and O–H groups in total. The van der Waals surface area contributed by atoms with E-state index in [9.17, 15) is 14.4 Å². The van der Waals surface area contributed by atoms with Crippen LogP contribution in [0.4, 0.5) is 0 Å². The van der Waals surface area contributed by atoms with E-state index in [1.54, 1.807) is 20.8 Å². The van der Waals surface area contributed by atoms with Crippen LogP contribution in [0.3, 0.4) is 0 Å². The van der Waals surface area contributed by atoms with Gasteiger partial charge in [-0.15, -0.1) is 0 Å². The molecule has 0 bridgehead atoms. The first kappa shape index (κ1) is 46.9. The van der Waals surface area contributed by atoms with Gasteiger partial charge in [0.25, 0.3) is 0 Å². The summed E-state index contributed by atoms with van der Waals surface area (Å²) in [6.45, 7) is 40.4. The van der Waals surface area contributed by atoms with E-state index in [0.29, 0.717) is 0 Å². The van der Waals surface area contributed by atoms with Gasteiger partial charge >= 0.3 is 7.75 Å². The molecule has 0 aliphatic rings. The number of nitrogens with one attached hydrogen (secondary N) is 1. The molecule has 0 fully saturated rings. The summed E-state index contributed by atoms with van der Waals surface area (Å²) in [4.78, 5) is 19.1. The van der Waals surface area contributed by atoms with Gasteiger partial charge < -0.3 is 27.9 Å². The molecular formula is C30H70NO8P3. The third-order valence-corrected chi connectivity index (χ3v) is 10.7. The van der Waals surface area contributed by atoms with Crippen molar-refractivity contribution < 1.29 is 37.0 Å². The van der Waals surface area contributed by atoms with Gasteiger partial charge in [-0.05, 0) is 131 Å². The van der Waals surface area contributed by atoms with Crippen molar-refractivity contribution in [2.24, 2.45) is 0 Å². The lowest BCUT2D eigenvalue weighted by atomic mass is 10.1. The molecule has 0 aliphatic heterocycles. The van der Waals surface area contributed by atoms with Crippen LogP contribution in [-0.2, 0) is 27.2 Å². The molecule has 0 aliphatic carbocycles. The van der Waals surface area contributed by atoms with Crippen molar-refractivity contribution in [3.05, 3.63) is 0 Å². The Bertz CT molecular complexity index is 838. The lowest BCUT2D eigenvalue weighted by Crippen LogP contribution is -2.35. The summed E-state index contributed by atoms with van der Waals surface area (Å²) in [7, 11) is -8.77. The Hall–Kier alpha value is 0.510. The maximum absolute atomic E-state index is 11.5. The molecule has 0 saturated carbocycles. The minimum Gasteiger partial charge on any atom is -0.333 e. The second-order valence-corrected chi connectivity index (χ2v) is 23.5. The predicted octanol–water partition coefficient (Wildman–Crippen LogP) is 9.79. The van der Waals surface area contributed by atoms with Gasteiger partial charge in [0.2, 0.25) is 7.57 Å². The van der Waals surface area contributed by atoms with Gasteiger partial charge in [-0.3, -0.25) is 4.52 Å². The summed E-state index contributed by atoms with van der Waals surface area (Å²) in [5.41, 5.74) is -2.38. The van der Waals surface area contributed by atoms with E-state index in [1.165, 1.54) is 0 Å². The first-order chi connectivity index (χ1) is 17.5. The van der Waals surface area contributed by atoms with Crippen molar-refractivity contribution in [1.29, 1.82) is 0 Å². The van der Waals surface area contributed by atoms with Crippen LogP contribution < -0.4 is 5.09 Å². The standard InChI is InChI=1S/C13H29O2P.C9H21O3P.C8H20NO3P/c1-11(2,3)14-16(10,13(7,8)9)15-12(4,5)6;1-8(2,3)11-13(7,10)12-9(4,5)6;1-7(2,3)9-13(10,11)12-8(4,5)6/h10H2,1-9H3;10H,7H2,1-6H3;1-6H3,(H2,9,10,11). The molecule has 0 aromatic carbocycles. The van der Waals surface area contributed by atoms with Crippen molar-refractivity contribution in [3.8, 4) is 0 Å². The predicted molar refractivity (Wildman–Crippen MR) is 187 cm³/mol. The molecule has 0 aromatic rings. The molecule has 0 radical (unpaired) electrons. The molecule has 42 heavy (non-hydrogen) atoms. The van der Waals surface area contributed by atoms with Gasteiger partial charge in [-0.2, -0.15) is 0 Å². The minimum atomic E-state index is -3.69. The molecule has 1 atom stereocenters. The fraction of sp³-hybridized carbons (Fsp3) is 0.933. The topological polar surface area (TPSA) is 116 Å². The highest BCUT2D eigenvalue weighted by molar-refractivity contribution is 7.66.